The van der Waals surface area contributed by atoms with Crippen LogP contribution in [0.3, 0.4) is 0 Å². The minimum atomic E-state index is 0.727. The summed E-state index contributed by atoms with van der Waals surface area (Å²) in [7, 11) is 0. The van der Waals surface area contributed by atoms with E-state index in [4.69, 9.17) is 12.2 Å². The first-order valence-electron chi connectivity index (χ1n) is 5.07. The smallest absolute Gasteiger partial charge is 0.179 e. The van der Waals surface area contributed by atoms with Gasteiger partial charge < -0.3 is 9.55 Å². The Morgan fingerprint density at radius 2 is 2.44 bits per heavy atom. The number of hydrogen-bond acceptors (Lipinski definition) is 2. The number of imidazole rings is 1. The summed E-state index contributed by atoms with van der Waals surface area (Å²) in [6.07, 6.45) is 6.93. The summed E-state index contributed by atoms with van der Waals surface area (Å²) in [5, 5.41) is 0. The molecule has 0 unspecified atom stereocenters. The van der Waals surface area contributed by atoms with Gasteiger partial charge in [-0.3, -0.25) is 0 Å². The third-order valence-electron chi connectivity index (χ3n) is 2.33. The monoisotopic (exact) mass is 297 g/mol. The lowest BCUT2D eigenvalue weighted by atomic mass is 10.4. The molecule has 1 N–H and O–H groups in total. The molecule has 0 saturated heterocycles. The molecule has 0 fully saturated rings. The van der Waals surface area contributed by atoms with Gasteiger partial charge in [-0.2, -0.15) is 0 Å². The molecule has 16 heavy (non-hydrogen) atoms. The van der Waals surface area contributed by atoms with Gasteiger partial charge in [0.1, 0.15) is 0 Å². The molecule has 0 radical (unpaired) electrons. The molecule has 0 saturated carbocycles. The number of halogens is 1. The van der Waals surface area contributed by atoms with Gasteiger partial charge in [-0.15, -0.1) is 0 Å². The highest BCUT2D eigenvalue weighted by atomic mass is 79.9. The second-order valence-corrected chi connectivity index (χ2v) is 4.77. The molecule has 0 aliphatic heterocycles. The van der Waals surface area contributed by atoms with E-state index in [1.165, 1.54) is 0 Å². The lowest BCUT2D eigenvalue weighted by molar-refractivity contribution is 0.713. The molecule has 0 spiro atoms. The Hall–Kier alpha value is -0.940. The highest BCUT2D eigenvalue weighted by molar-refractivity contribution is 9.10. The van der Waals surface area contributed by atoms with Crippen LogP contribution < -0.4 is 0 Å². The second-order valence-electron chi connectivity index (χ2n) is 3.46. The minimum Gasteiger partial charge on any atom is -0.329 e. The molecule has 0 amide bonds. The van der Waals surface area contributed by atoms with E-state index in [-0.39, 0.29) is 0 Å². The number of aromatic amines is 1. The van der Waals surface area contributed by atoms with Gasteiger partial charge in [0.25, 0.3) is 0 Å². The van der Waals surface area contributed by atoms with Gasteiger partial charge in [0.2, 0.25) is 0 Å². The number of hydrogen-bond donors (Lipinski definition) is 1. The molecule has 2 aromatic heterocycles. The van der Waals surface area contributed by atoms with Crippen LogP contribution in [0.15, 0.2) is 28.9 Å². The van der Waals surface area contributed by atoms with Crippen LogP contribution in [0.4, 0.5) is 0 Å². The SMILES string of the molecule is C/C=C/CCn1c(=S)[nH]c2cc(Br)cnc21. The molecule has 2 aromatic rings. The summed E-state index contributed by atoms with van der Waals surface area (Å²) in [4.78, 5) is 7.53. The van der Waals surface area contributed by atoms with Crippen molar-refractivity contribution in [3.63, 3.8) is 0 Å². The van der Waals surface area contributed by atoms with E-state index in [0.29, 0.717) is 0 Å². The largest absolute Gasteiger partial charge is 0.329 e. The van der Waals surface area contributed by atoms with Crippen molar-refractivity contribution >= 4 is 39.3 Å². The Kier molecular flexibility index (Phi) is 3.56. The fourth-order valence-corrected chi connectivity index (χ4v) is 2.21. The summed E-state index contributed by atoms with van der Waals surface area (Å²) in [6, 6.07) is 1.99. The number of aryl methyl sites for hydroxylation is 1. The van der Waals surface area contributed by atoms with Crippen molar-refractivity contribution in [2.45, 2.75) is 19.9 Å². The first kappa shape index (κ1) is 11.5. The second kappa shape index (κ2) is 4.93. The molecule has 2 rings (SSSR count). The van der Waals surface area contributed by atoms with Gasteiger partial charge in [0.05, 0.1) is 5.52 Å². The fourth-order valence-electron chi connectivity index (χ4n) is 1.60. The molecule has 0 atom stereocenters. The fraction of sp³-hybridized carbons (Fsp3) is 0.273. The maximum atomic E-state index is 5.27. The van der Waals surface area contributed by atoms with Crippen LogP contribution in [-0.2, 0) is 6.54 Å². The lowest BCUT2D eigenvalue weighted by Gasteiger charge is -2.00. The van der Waals surface area contributed by atoms with Crippen LogP contribution in [0.2, 0.25) is 0 Å². The van der Waals surface area contributed by atoms with Crippen LogP contribution in [0.25, 0.3) is 11.2 Å². The van der Waals surface area contributed by atoms with Crippen LogP contribution in [0.5, 0.6) is 0 Å². The first-order valence-corrected chi connectivity index (χ1v) is 6.27. The van der Waals surface area contributed by atoms with Crippen LogP contribution in [0, 0.1) is 4.77 Å². The summed E-state index contributed by atoms with van der Waals surface area (Å²) in [6.45, 7) is 2.88. The first-order chi connectivity index (χ1) is 7.72. The molecule has 84 valence electrons. The number of pyridine rings is 1. The van der Waals surface area contributed by atoms with E-state index in [2.05, 4.69) is 32.0 Å². The molecule has 0 aliphatic carbocycles. The Labute approximate surface area is 107 Å². The number of H-pyrrole nitrogens is 1. The molecule has 0 aliphatic rings. The third-order valence-corrected chi connectivity index (χ3v) is 3.09. The van der Waals surface area contributed by atoms with E-state index in [9.17, 15) is 0 Å². The van der Waals surface area contributed by atoms with E-state index >= 15 is 0 Å². The van der Waals surface area contributed by atoms with E-state index in [1.54, 1.807) is 6.20 Å². The predicted molar refractivity (Wildman–Crippen MR) is 72.0 cm³/mol. The summed E-state index contributed by atoms with van der Waals surface area (Å²) in [5.74, 6) is 0. The van der Waals surface area contributed by atoms with E-state index in [0.717, 1.165) is 33.4 Å². The van der Waals surface area contributed by atoms with Gasteiger partial charge in [-0.05, 0) is 47.6 Å². The van der Waals surface area contributed by atoms with Crippen molar-refractivity contribution in [1.82, 2.24) is 14.5 Å². The van der Waals surface area contributed by atoms with E-state index < -0.39 is 0 Å². The minimum absolute atomic E-state index is 0.727. The zero-order valence-electron chi connectivity index (χ0n) is 8.90. The topological polar surface area (TPSA) is 33.6 Å². The maximum absolute atomic E-state index is 5.27. The summed E-state index contributed by atoms with van der Waals surface area (Å²) >= 11 is 8.67. The van der Waals surface area contributed by atoms with Gasteiger partial charge in [-0.25, -0.2) is 4.98 Å². The Balaban J connectivity index is 2.44. The highest BCUT2D eigenvalue weighted by Crippen LogP contribution is 2.17. The molecular weight excluding hydrogens is 286 g/mol. The van der Waals surface area contributed by atoms with Crippen molar-refractivity contribution in [1.29, 1.82) is 0 Å². The molecule has 0 bridgehead atoms. The number of rotatable bonds is 3. The van der Waals surface area contributed by atoms with Gasteiger partial charge >= 0.3 is 0 Å². The third kappa shape index (κ3) is 2.25. The molecule has 0 aromatic carbocycles. The van der Waals surface area contributed by atoms with Crippen LogP contribution in [0.1, 0.15) is 13.3 Å². The van der Waals surface area contributed by atoms with Crippen molar-refractivity contribution < 1.29 is 0 Å². The number of nitrogens with one attached hydrogen (secondary N) is 1. The van der Waals surface area contributed by atoms with Crippen molar-refractivity contribution in [3.8, 4) is 0 Å². The number of allylic oxidation sites excluding steroid dienone is 2. The average molecular weight is 298 g/mol. The van der Waals surface area contributed by atoms with Gasteiger partial charge in [0, 0.05) is 17.2 Å². The Bertz CT molecular complexity index is 582. The Morgan fingerprint density at radius 1 is 1.62 bits per heavy atom. The molecule has 2 heterocycles. The van der Waals surface area contributed by atoms with Crippen molar-refractivity contribution in [2.24, 2.45) is 0 Å². The summed E-state index contributed by atoms with van der Waals surface area (Å²) in [5.41, 5.74) is 1.89. The Morgan fingerprint density at radius 3 is 3.19 bits per heavy atom. The van der Waals surface area contributed by atoms with Gasteiger partial charge in [0.15, 0.2) is 10.4 Å². The summed E-state index contributed by atoms with van der Waals surface area (Å²) < 4.78 is 3.71. The standard InChI is InChI=1S/C11H12BrN3S/c1-2-3-4-5-15-10-9(14-11(15)16)6-8(12)7-13-10/h2-3,6-7H,4-5H2,1H3,(H,14,16)/b3-2+. The number of fused-ring (bicyclic) bond motifs is 1. The highest BCUT2D eigenvalue weighted by Gasteiger charge is 2.04. The quantitative estimate of drug-likeness (QED) is 0.690. The van der Waals surface area contributed by atoms with Gasteiger partial charge in [-0.1, -0.05) is 12.2 Å². The van der Waals surface area contributed by atoms with Crippen LogP contribution >= 0.6 is 28.1 Å². The predicted octanol–water partition coefficient (Wildman–Crippen LogP) is 3.82. The van der Waals surface area contributed by atoms with Crippen molar-refractivity contribution in [2.75, 3.05) is 0 Å². The zero-order chi connectivity index (χ0) is 11.5. The van der Waals surface area contributed by atoms with Crippen LogP contribution in [-0.4, -0.2) is 14.5 Å². The normalized spacial score (nSPS) is 11.6. The molecular formula is C11H12BrN3S. The number of aromatic nitrogens is 3. The number of nitrogens with zero attached hydrogens (tertiary/aromatic N) is 2. The maximum Gasteiger partial charge on any atom is 0.179 e. The molecule has 3 nitrogen and oxygen atoms in total. The zero-order valence-corrected chi connectivity index (χ0v) is 11.3. The molecule has 5 heteroatoms. The lowest BCUT2D eigenvalue weighted by Crippen LogP contribution is -1.97. The van der Waals surface area contributed by atoms with Crippen molar-refractivity contribution in [3.05, 3.63) is 33.7 Å². The average Bonchev–Trinajstić information content (AvgIpc) is 2.55. The van der Waals surface area contributed by atoms with E-state index in [1.807, 2.05) is 23.6 Å².